The highest BCUT2D eigenvalue weighted by Crippen LogP contribution is 2.40. The van der Waals surface area contributed by atoms with E-state index in [0.29, 0.717) is 28.3 Å². The van der Waals surface area contributed by atoms with Crippen molar-refractivity contribution >= 4 is 39.7 Å². The van der Waals surface area contributed by atoms with Gasteiger partial charge in [0.1, 0.15) is 17.1 Å². The van der Waals surface area contributed by atoms with E-state index in [1.54, 1.807) is 49.8 Å². The average molecular weight is 473 g/mol. The zero-order valence-electron chi connectivity index (χ0n) is 19.9. The first-order valence-corrected chi connectivity index (χ1v) is 11.0. The molecule has 0 saturated carbocycles. The van der Waals surface area contributed by atoms with Crippen LogP contribution in [-0.4, -0.2) is 18.9 Å². The first-order chi connectivity index (χ1) is 16.8. The fraction of sp³-hybridized carbons (Fsp3) is 0.143. The van der Waals surface area contributed by atoms with Crippen LogP contribution >= 0.6 is 0 Å². The Morgan fingerprint density at radius 1 is 1.00 bits per heavy atom. The van der Waals surface area contributed by atoms with Gasteiger partial charge in [-0.25, -0.2) is 4.39 Å². The predicted molar refractivity (Wildman–Crippen MR) is 136 cm³/mol. The highest BCUT2D eigenvalue weighted by molar-refractivity contribution is 6.06. The van der Waals surface area contributed by atoms with Gasteiger partial charge in [-0.1, -0.05) is 18.2 Å². The molecule has 6 nitrogen and oxygen atoms in total. The maximum atomic E-state index is 13.4. The van der Waals surface area contributed by atoms with Crippen LogP contribution in [0.25, 0.3) is 27.7 Å². The number of methoxy groups -OCH3 is 1. The molecule has 178 valence electrons. The van der Waals surface area contributed by atoms with Gasteiger partial charge in [0.25, 0.3) is 0 Å². The van der Waals surface area contributed by atoms with Crippen LogP contribution in [0.5, 0.6) is 5.75 Å². The van der Waals surface area contributed by atoms with Crippen molar-refractivity contribution in [2.45, 2.75) is 20.8 Å². The lowest BCUT2D eigenvalue weighted by molar-refractivity contribution is -0.114. The van der Waals surface area contributed by atoms with Crippen LogP contribution in [-0.2, 0) is 9.59 Å². The molecule has 1 aromatic heterocycles. The van der Waals surface area contributed by atoms with Crippen molar-refractivity contribution < 1.29 is 23.1 Å². The summed E-state index contributed by atoms with van der Waals surface area (Å²) in [5.74, 6) is -0.228. The Kier molecular flexibility index (Phi) is 6.68. The molecule has 35 heavy (non-hydrogen) atoms. The minimum absolute atomic E-state index is 0.193. The molecule has 2 amide bonds. The molecule has 0 atom stereocenters. The summed E-state index contributed by atoms with van der Waals surface area (Å²) in [6.45, 7) is 5.14. The summed E-state index contributed by atoms with van der Waals surface area (Å²) < 4.78 is 24.9. The molecule has 0 aliphatic rings. The van der Waals surface area contributed by atoms with Crippen molar-refractivity contribution in [2.75, 3.05) is 17.7 Å². The van der Waals surface area contributed by atoms with E-state index in [9.17, 15) is 14.0 Å². The number of benzene rings is 3. The highest BCUT2D eigenvalue weighted by atomic mass is 19.1. The third kappa shape index (κ3) is 5.09. The van der Waals surface area contributed by atoms with Gasteiger partial charge in [-0.3, -0.25) is 9.59 Å². The molecule has 7 heteroatoms. The first kappa shape index (κ1) is 23.8. The van der Waals surface area contributed by atoms with Crippen molar-refractivity contribution in [3.8, 4) is 16.9 Å². The molecule has 0 bridgehead atoms. The second-order valence-electron chi connectivity index (χ2n) is 8.19. The summed E-state index contributed by atoms with van der Waals surface area (Å²) in [6.07, 6.45) is 3.13. The predicted octanol–water partition coefficient (Wildman–Crippen LogP) is 6.56. The maximum absolute atomic E-state index is 13.4. The van der Waals surface area contributed by atoms with Crippen molar-refractivity contribution in [3.05, 3.63) is 83.9 Å². The van der Waals surface area contributed by atoms with E-state index in [2.05, 4.69) is 10.6 Å². The van der Waals surface area contributed by atoms with Crippen LogP contribution in [0.4, 0.5) is 15.8 Å². The number of anilines is 2. The van der Waals surface area contributed by atoms with Crippen LogP contribution in [0.2, 0.25) is 0 Å². The number of nitrogens with one attached hydrogen (secondary N) is 2. The van der Waals surface area contributed by atoms with Gasteiger partial charge in [-0.2, -0.15) is 0 Å². The number of aryl methyl sites for hydroxylation is 1. The van der Waals surface area contributed by atoms with Crippen molar-refractivity contribution in [2.24, 2.45) is 0 Å². The number of furan rings is 1. The molecule has 1 heterocycles. The second kappa shape index (κ2) is 9.85. The number of halogens is 1. The Morgan fingerprint density at radius 2 is 1.69 bits per heavy atom. The Morgan fingerprint density at radius 3 is 2.34 bits per heavy atom. The van der Waals surface area contributed by atoms with Gasteiger partial charge in [0.15, 0.2) is 0 Å². The van der Waals surface area contributed by atoms with Crippen LogP contribution in [0.3, 0.4) is 0 Å². The van der Waals surface area contributed by atoms with Crippen molar-refractivity contribution in [1.29, 1.82) is 0 Å². The van der Waals surface area contributed by atoms with Gasteiger partial charge < -0.3 is 19.8 Å². The topological polar surface area (TPSA) is 80.6 Å². The van der Waals surface area contributed by atoms with Crippen LogP contribution < -0.4 is 15.4 Å². The molecule has 4 rings (SSSR count). The minimum Gasteiger partial charge on any atom is -0.496 e. The highest BCUT2D eigenvalue weighted by Gasteiger charge is 2.19. The first-order valence-electron chi connectivity index (χ1n) is 11.0. The molecule has 4 aromatic rings. The van der Waals surface area contributed by atoms with Gasteiger partial charge in [-0.15, -0.1) is 0 Å². The fourth-order valence-corrected chi connectivity index (χ4v) is 4.06. The zero-order valence-corrected chi connectivity index (χ0v) is 19.9. The van der Waals surface area contributed by atoms with E-state index < -0.39 is 0 Å². The van der Waals surface area contributed by atoms with Crippen LogP contribution in [0, 0.1) is 12.7 Å². The van der Waals surface area contributed by atoms with E-state index in [4.69, 9.17) is 9.15 Å². The molecule has 3 aromatic carbocycles. The smallest absolute Gasteiger partial charge is 0.248 e. The molecular weight excluding hydrogens is 447 g/mol. The largest absolute Gasteiger partial charge is 0.496 e. The molecule has 0 saturated heterocycles. The number of carbonyl (C=O) groups is 2. The van der Waals surface area contributed by atoms with Crippen molar-refractivity contribution in [1.82, 2.24) is 0 Å². The molecule has 0 spiro atoms. The molecule has 0 fully saturated rings. The summed E-state index contributed by atoms with van der Waals surface area (Å²) >= 11 is 0. The van der Waals surface area contributed by atoms with E-state index >= 15 is 0 Å². The molecule has 0 aliphatic carbocycles. The van der Waals surface area contributed by atoms with E-state index in [1.165, 1.54) is 25.1 Å². The minimum atomic E-state index is -0.326. The van der Waals surface area contributed by atoms with Gasteiger partial charge in [0.2, 0.25) is 11.8 Å². The fourth-order valence-electron chi connectivity index (χ4n) is 4.06. The second-order valence-corrected chi connectivity index (χ2v) is 8.19. The quantitative estimate of drug-likeness (QED) is 0.312. The monoisotopic (exact) mass is 472 g/mol. The lowest BCUT2D eigenvalue weighted by atomic mass is 9.96. The van der Waals surface area contributed by atoms with Crippen LogP contribution in [0.1, 0.15) is 25.0 Å². The standard InChI is InChI=1S/C28H25FN2O4/c1-16(12-26(33)31-22-7-5-6-21(13-22)30-18(3)32)23-14-24-25(19-8-10-20(29)11-9-19)15-35-28(24)17(2)27(23)34-4/h5-15H,1-4H3,(H,30,32)(H,31,33)/b16-12+. The Balaban J connectivity index is 1.69. The van der Waals surface area contributed by atoms with Gasteiger partial charge in [0, 0.05) is 46.5 Å². The van der Waals surface area contributed by atoms with Gasteiger partial charge >= 0.3 is 0 Å². The SMILES string of the molecule is COc1c(/C(C)=C/C(=O)Nc2cccc(NC(C)=O)c2)cc2c(-c3ccc(F)cc3)coc2c1C. The molecule has 0 aliphatic heterocycles. The number of rotatable bonds is 6. The van der Waals surface area contributed by atoms with E-state index in [-0.39, 0.29) is 17.6 Å². The molecule has 0 unspecified atom stereocenters. The zero-order chi connectivity index (χ0) is 25.1. The number of hydrogen-bond acceptors (Lipinski definition) is 4. The van der Waals surface area contributed by atoms with E-state index in [1.807, 2.05) is 19.9 Å². The maximum Gasteiger partial charge on any atom is 0.248 e. The summed E-state index contributed by atoms with van der Waals surface area (Å²) in [7, 11) is 1.57. The number of amides is 2. The summed E-state index contributed by atoms with van der Waals surface area (Å²) in [5, 5.41) is 6.35. The lowest BCUT2D eigenvalue weighted by Crippen LogP contribution is -2.10. The molecule has 2 N–H and O–H groups in total. The Hall–Kier alpha value is -4.39. The third-order valence-corrected chi connectivity index (χ3v) is 5.63. The van der Waals surface area contributed by atoms with E-state index in [0.717, 1.165) is 27.6 Å². The van der Waals surface area contributed by atoms with Gasteiger partial charge in [0.05, 0.1) is 13.4 Å². The Bertz CT molecular complexity index is 1450. The molecule has 0 radical (unpaired) electrons. The summed E-state index contributed by atoms with van der Waals surface area (Å²) in [6, 6.07) is 15.0. The van der Waals surface area contributed by atoms with Crippen LogP contribution in [0.15, 0.2) is 71.4 Å². The molecular formula is C28H25FN2O4. The number of fused-ring (bicyclic) bond motifs is 1. The Labute approximate surface area is 202 Å². The summed E-state index contributed by atoms with van der Waals surface area (Å²) in [4.78, 5) is 24.1. The lowest BCUT2D eigenvalue weighted by Gasteiger charge is -2.13. The number of hydrogen-bond donors (Lipinski definition) is 2. The normalized spacial score (nSPS) is 11.4. The third-order valence-electron chi connectivity index (χ3n) is 5.63. The number of ether oxygens (including phenoxy) is 1. The van der Waals surface area contributed by atoms with Crippen molar-refractivity contribution in [3.63, 3.8) is 0 Å². The van der Waals surface area contributed by atoms with Gasteiger partial charge in [-0.05, 0) is 61.4 Å². The number of allylic oxidation sites excluding steroid dienone is 1. The number of carbonyl (C=O) groups excluding carboxylic acids is 2. The summed E-state index contributed by atoms with van der Waals surface area (Å²) in [5.41, 5.74) is 5.67. The average Bonchev–Trinajstić information content (AvgIpc) is 3.23.